The smallest absolute Gasteiger partial charge is 0.266 e. The Morgan fingerprint density at radius 3 is 2.41 bits per heavy atom. The number of benzene rings is 2. The maximum atomic E-state index is 13.1. The van der Waals surface area contributed by atoms with Crippen LogP contribution in [0.4, 0.5) is 5.69 Å². The molecule has 4 rings (SSSR count). The van der Waals surface area contributed by atoms with Gasteiger partial charge in [-0.1, -0.05) is 18.2 Å². The topological polar surface area (TPSA) is 46.8 Å². The fraction of sp³-hybridized carbons (Fsp3) is 0.231. The predicted octanol–water partition coefficient (Wildman–Crippen LogP) is 6.12. The molecule has 1 amide bonds. The lowest BCUT2D eigenvalue weighted by molar-refractivity contribution is -0.122. The Balaban J connectivity index is 1.65. The minimum atomic E-state index is -0.00768. The van der Waals surface area contributed by atoms with Crippen molar-refractivity contribution in [2.45, 2.75) is 27.7 Å². The van der Waals surface area contributed by atoms with E-state index < -0.39 is 0 Å². The molecule has 0 saturated carbocycles. The molecule has 5 nitrogen and oxygen atoms in total. The van der Waals surface area contributed by atoms with Crippen LogP contribution in [0.2, 0.25) is 0 Å². The number of aliphatic imine (C=N–C) groups is 1. The van der Waals surface area contributed by atoms with Gasteiger partial charge in [0, 0.05) is 23.6 Å². The molecular formula is C26H27N3O2S. The van der Waals surface area contributed by atoms with E-state index in [0.29, 0.717) is 23.2 Å². The molecule has 0 atom stereocenters. The molecule has 0 spiro atoms. The van der Waals surface area contributed by atoms with Crippen LogP contribution in [-0.4, -0.2) is 33.7 Å². The lowest BCUT2D eigenvalue weighted by Gasteiger charge is -2.12. The molecule has 1 fully saturated rings. The number of aryl methyl sites for hydroxylation is 1. The molecule has 0 aliphatic carbocycles. The van der Waals surface area contributed by atoms with Gasteiger partial charge < -0.3 is 9.30 Å². The van der Waals surface area contributed by atoms with Crippen molar-refractivity contribution in [2.24, 2.45) is 4.99 Å². The lowest BCUT2D eigenvalue weighted by Crippen LogP contribution is -2.28. The summed E-state index contributed by atoms with van der Waals surface area (Å²) in [6.45, 7) is 9.30. The van der Waals surface area contributed by atoms with Gasteiger partial charge in [0.15, 0.2) is 5.17 Å². The Kier molecular flexibility index (Phi) is 6.51. The number of thioether (sulfide) groups is 1. The van der Waals surface area contributed by atoms with Gasteiger partial charge in [-0.15, -0.1) is 0 Å². The first-order chi connectivity index (χ1) is 15.5. The van der Waals surface area contributed by atoms with E-state index in [1.807, 2.05) is 62.4 Å². The van der Waals surface area contributed by atoms with E-state index in [9.17, 15) is 4.79 Å². The Morgan fingerprint density at radius 2 is 1.75 bits per heavy atom. The van der Waals surface area contributed by atoms with Crippen LogP contribution in [0.15, 0.2) is 70.6 Å². The summed E-state index contributed by atoms with van der Waals surface area (Å²) in [4.78, 5) is 20.2. The van der Waals surface area contributed by atoms with Crippen LogP contribution in [0.25, 0.3) is 11.8 Å². The number of nitrogens with zero attached hydrogens (tertiary/aromatic N) is 3. The molecule has 1 aliphatic heterocycles. The second-order valence-electron chi connectivity index (χ2n) is 7.48. The number of rotatable bonds is 6. The van der Waals surface area contributed by atoms with Crippen LogP contribution in [-0.2, 0) is 4.79 Å². The summed E-state index contributed by atoms with van der Waals surface area (Å²) in [5, 5.41) is 0.699. The first kappa shape index (κ1) is 22.0. The van der Waals surface area contributed by atoms with Crippen molar-refractivity contribution in [2.75, 3.05) is 13.2 Å². The summed E-state index contributed by atoms with van der Waals surface area (Å²) < 4.78 is 7.71. The minimum Gasteiger partial charge on any atom is -0.494 e. The number of hydrogen-bond donors (Lipinski definition) is 0. The van der Waals surface area contributed by atoms with Crippen LogP contribution < -0.4 is 4.74 Å². The maximum Gasteiger partial charge on any atom is 0.266 e. The molecule has 0 N–H and O–H groups in total. The van der Waals surface area contributed by atoms with Gasteiger partial charge in [0.1, 0.15) is 5.75 Å². The van der Waals surface area contributed by atoms with Crippen molar-refractivity contribution >= 4 is 34.6 Å². The van der Waals surface area contributed by atoms with Crippen LogP contribution in [0, 0.1) is 13.8 Å². The number of aromatic nitrogens is 1. The zero-order chi connectivity index (χ0) is 22.7. The second-order valence-corrected chi connectivity index (χ2v) is 8.49. The number of amides is 1. The molecule has 0 radical (unpaired) electrons. The Hall–Kier alpha value is -3.25. The molecule has 0 bridgehead atoms. The summed E-state index contributed by atoms with van der Waals surface area (Å²) in [6, 6.07) is 20.0. The van der Waals surface area contributed by atoms with E-state index >= 15 is 0 Å². The average Bonchev–Trinajstić information content (AvgIpc) is 3.24. The van der Waals surface area contributed by atoms with E-state index in [1.165, 1.54) is 11.8 Å². The van der Waals surface area contributed by atoms with Crippen LogP contribution >= 0.6 is 11.8 Å². The normalized spacial score (nSPS) is 16.4. The highest BCUT2D eigenvalue weighted by Crippen LogP contribution is 2.35. The summed E-state index contributed by atoms with van der Waals surface area (Å²) in [7, 11) is 0. The highest BCUT2D eigenvalue weighted by Gasteiger charge is 2.32. The van der Waals surface area contributed by atoms with Crippen molar-refractivity contribution in [1.29, 1.82) is 0 Å². The number of carbonyl (C=O) groups excluding carboxylic acids is 1. The second kappa shape index (κ2) is 9.49. The van der Waals surface area contributed by atoms with Gasteiger partial charge in [0.2, 0.25) is 0 Å². The Labute approximate surface area is 193 Å². The molecule has 164 valence electrons. The van der Waals surface area contributed by atoms with E-state index in [4.69, 9.17) is 9.73 Å². The monoisotopic (exact) mass is 445 g/mol. The number of amidine groups is 1. The summed E-state index contributed by atoms with van der Waals surface area (Å²) in [5.74, 6) is 0.806. The van der Waals surface area contributed by atoms with Crippen molar-refractivity contribution < 1.29 is 9.53 Å². The third-order valence-electron chi connectivity index (χ3n) is 5.35. The Bertz CT molecular complexity index is 1180. The van der Waals surface area contributed by atoms with Gasteiger partial charge in [-0.25, -0.2) is 4.99 Å². The first-order valence-electron chi connectivity index (χ1n) is 10.8. The van der Waals surface area contributed by atoms with Gasteiger partial charge >= 0.3 is 0 Å². The standard InChI is InChI=1S/C26H27N3O2S/c1-5-28-25(30)24(32-26(28)27-21-12-14-23(15-13-21)31-6-2)17-20-16-18(3)29(19(20)4)22-10-8-7-9-11-22/h7-17H,5-6H2,1-4H3/b24-17-,27-26?. The van der Waals surface area contributed by atoms with E-state index in [-0.39, 0.29) is 5.91 Å². The molecule has 0 unspecified atom stereocenters. The maximum absolute atomic E-state index is 13.1. The van der Waals surface area contributed by atoms with Crippen LogP contribution in [0.5, 0.6) is 5.75 Å². The van der Waals surface area contributed by atoms with Gasteiger partial charge in [0.25, 0.3) is 5.91 Å². The van der Waals surface area contributed by atoms with Crippen LogP contribution in [0.1, 0.15) is 30.8 Å². The van der Waals surface area contributed by atoms with E-state index in [0.717, 1.165) is 34.1 Å². The third-order valence-corrected chi connectivity index (χ3v) is 6.35. The van der Waals surface area contributed by atoms with E-state index in [1.54, 1.807) is 4.90 Å². The minimum absolute atomic E-state index is 0.00768. The molecule has 1 aliphatic rings. The van der Waals surface area contributed by atoms with Gasteiger partial charge in [-0.3, -0.25) is 9.69 Å². The number of para-hydroxylation sites is 1. The summed E-state index contributed by atoms with van der Waals surface area (Å²) >= 11 is 1.42. The van der Waals surface area contributed by atoms with Gasteiger partial charge in [-0.05, 0) is 93.6 Å². The average molecular weight is 446 g/mol. The zero-order valence-corrected chi connectivity index (χ0v) is 19.6. The molecule has 1 saturated heterocycles. The number of hydrogen-bond acceptors (Lipinski definition) is 4. The molecule has 1 aromatic heterocycles. The molecular weight excluding hydrogens is 418 g/mol. The lowest BCUT2D eigenvalue weighted by atomic mass is 10.2. The van der Waals surface area contributed by atoms with Crippen molar-refractivity contribution in [3.05, 3.63) is 82.5 Å². The summed E-state index contributed by atoms with van der Waals surface area (Å²) in [5.41, 5.74) is 5.19. The van der Waals surface area contributed by atoms with Crippen molar-refractivity contribution in [1.82, 2.24) is 9.47 Å². The Morgan fingerprint density at radius 1 is 1.03 bits per heavy atom. The van der Waals surface area contributed by atoms with Crippen molar-refractivity contribution in [3.63, 3.8) is 0 Å². The molecule has 6 heteroatoms. The SMILES string of the molecule is CCOc1ccc(N=C2S/C(=C\c3cc(C)n(-c4ccccc4)c3C)C(=O)N2CC)cc1. The first-order valence-corrected chi connectivity index (χ1v) is 11.6. The fourth-order valence-electron chi connectivity index (χ4n) is 3.81. The molecule has 32 heavy (non-hydrogen) atoms. The van der Waals surface area contributed by atoms with Gasteiger partial charge in [0.05, 0.1) is 17.2 Å². The van der Waals surface area contributed by atoms with E-state index in [2.05, 4.69) is 36.6 Å². The quantitative estimate of drug-likeness (QED) is 0.430. The highest BCUT2D eigenvalue weighted by atomic mass is 32.2. The summed E-state index contributed by atoms with van der Waals surface area (Å²) in [6.07, 6.45) is 1.98. The fourth-order valence-corrected chi connectivity index (χ4v) is 4.87. The zero-order valence-electron chi connectivity index (χ0n) is 18.8. The molecule has 3 aromatic rings. The molecule has 2 heterocycles. The van der Waals surface area contributed by atoms with Crippen LogP contribution in [0.3, 0.4) is 0 Å². The third kappa shape index (κ3) is 4.36. The highest BCUT2D eigenvalue weighted by molar-refractivity contribution is 8.18. The number of ether oxygens (including phenoxy) is 1. The number of likely N-dealkylation sites (N-methyl/N-ethyl adjacent to an activating group) is 1. The van der Waals surface area contributed by atoms with Gasteiger partial charge in [-0.2, -0.15) is 0 Å². The van der Waals surface area contributed by atoms with Crippen molar-refractivity contribution in [3.8, 4) is 11.4 Å². The predicted molar refractivity (Wildman–Crippen MR) is 133 cm³/mol. The molecule has 2 aromatic carbocycles. The number of carbonyl (C=O) groups is 1. The largest absolute Gasteiger partial charge is 0.494 e.